The molecule has 8 heteroatoms. The van der Waals surface area contributed by atoms with Gasteiger partial charge in [-0.1, -0.05) is 41.9 Å². The molecule has 6 nitrogen and oxygen atoms in total. The molecule has 1 heterocycles. The number of carboxylic acids is 1. The van der Waals surface area contributed by atoms with Crippen molar-refractivity contribution in [3.8, 4) is 22.6 Å². The Kier molecular flexibility index (Phi) is 5.39. The fourth-order valence-corrected chi connectivity index (χ4v) is 4.16. The van der Waals surface area contributed by atoms with Crippen LogP contribution in [0.5, 0.6) is 11.5 Å². The molecule has 0 aliphatic carbocycles. The lowest BCUT2D eigenvalue weighted by atomic mass is 9.96. The van der Waals surface area contributed by atoms with Crippen LogP contribution in [-0.4, -0.2) is 30.7 Å². The molecule has 4 rings (SSSR count). The number of nitrogens with zero attached hydrogens (tertiary/aromatic N) is 1. The summed E-state index contributed by atoms with van der Waals surface area (Å²) in [6, 6.07) is 18.2. The van der Waals surface area contributed by atoms with E-state index < -0.39 is 15.8 Å². The molecule has 156 valence electrons. The third kappa shape index (κ3) is 4.23. The second-order valence-electron chi connectivity index (χ2n) is 6.86. The first-order chi connectivity index (χ1) is 14.7. The highest BCUT2D eigenvalue weighted by atomic mass is 35.5. The molecule has 0 fully saturated rings. The summed E-state index contributed by atoms with van der Waals surface area (Å²) in [7, 11) is -3.38. The van der Waals surface area contributed by atoms with Gasteiger partial charge >= 0.3 is 5.97 Å². The lowest BCUT2D eigenvalue weighted by Crippen LogP contribution is -2.02. The molecule has 3 aromatic carbocycles. The zero-order valence-electron chi connectivity index (χ0n) is 16.2. The highest BCUT2D eigenvalue weighted by molar-refractivity contribution is 7.90. The van der Waals surface area contributed by atoms with E-state index >= 15 is 0 Å². The number of aromatic nitrogens is 1. The normalized spacial score (nSPS) is 11.4. The first kappa shape index (κ1) is 20.8. The quantitative estimate of drug-likeness (QED) is 0.432. The summed E-state index contributed by atoms with van der Waals surface area (Å²) < 4.78 is 29.5. The minimum Gasteiger partial charge on any atom is -0.478 e. The summed E-state index contributed by atoms with van der Waals surface area (Å²) in [5, 5.41) is 10.7. The molecule has 1 N–H and O–H groups in total. The molecular weight excluding hydrogens is 438 g/mol. The molecule has 0 spiro atoms. The van der Waals surface area contributed by atoms with Crippen LogP contribution in [0.2, 0.25) is 5.02 Å². The zero-order valence-corrected chi connectivity index (χ0v) is 17.8. The number of carbonyl (C=O) groups is 1. The molecule has 0 saturated heterocycles. The van der Waals surface area contributed by atoms with Crippen LogP contribution in [0.4, 0.5) is 0 Å². The number of aromatic carboxylic acids is 1. The fourth-order valence-electron chi connectivity index (χ4n) is 3.28. The second-order valence-corrected chi connectivity index (χ2v) is 9.29. The molecule has 1 aromatic heterocycles. The summed E-state index contributed by atoms with van der Waals surface area (Å²) in [4.78, 5) is 16.2. The van der Waals surface area contributed by atoms with Crippen molar-refractivity contribution in [2.45, 2.75) is 4.90 Å². The minimum absolute atomic E-state index is 0.0333. The van der Waals surface area contributed by atoms with Crippen LogP contribution in [-0.2, 0) is 9.84 Å². The molecule has 0 amide bonds. The Morgan fingerprint density at radius 2 is 1.68 bits per heavy atom. The number of sulfone groups is 1. The van der Waals surface area contributed by atoms with Crippen LogP contribution in [0, 0.1) is 0 Å². The first-order valence-electron chi connectivity index (χ1n) is 9.13. The van der Waals surface area contributed by atoms with Crippen LogP contribution in [0.25, 0.3) is 22.0 Å². The van der Waals surface area contributed by atoms with Crippen LogP contribution >= 0.6 is 11.6 Å². The molecular formula is C23H16ClNO5S. The van der Waals surface area contributed by atoms with E-state index in [1.165, 1.54) is 18.3 Å². The van der Waals surface area contributed by atoms with E-state index in [9.17, 15) is 18.3 Å². The molecule has 4 aromatic rings. The smallest absolute Gasteiger partial charge is 0.337 e. The summed E-state index contributed by atoms with van der Waals surface area (Å²) in [5.74, 6) is -0.343. The predicted molar refractivity (Wildman–Crippen MR) is 119 cm³/mol. The number of para-hydroxylation sites is 1. The molecule has 0 atom stereocenters. The third-order valence-corrected chi connectivity index (χ3v) is 6.09. The Morgan fingerprint density at radius 3 is 2.39 bits per heavy atom. The first-order valence-corrected chi connectivity index (χ1v) is 11.4. The van der Waals surface area contributed by atoms with E-state index in [4.69, 9.17) is 16.3 Å². The lowest BCUT2D eigenvalue weighted by Gasteiger charge is -2.13. The average Bonchev–Trinajstić information content (AvgIpc) is 2.73. The SMILES string of the molecule is CS(=O)(=O)c1cccc(Oc2cccc(-c3c(C(=O)O)cnc4c(Cl)cccc34)c2)c1. The van der Waals surface area contributed by atoms with E-state index in [1.807, 2.05) is 0 Å². The number of hydrogen-bond acceptors (Lipinski definition) is 5. The maximum absolute atomic E-state index is 11.9. The Balaban J connectivity index is 1.83. The van der Waals surface area contributed by atoms with Gasteiger partial charge in [-0.25, -0.2) is 13.2 Å². The van der Waals surface area contributed by atoms with Gasteiger partial charge in [0.1, 0.15) is 11.5 Å². The highest BCUT2D eigenvalue weighted by Crippen LogP contribution is 2.36. The van der Waals surface area contributed by atoms with E-state index in [0.717, 1.165) is 6.26 Å². The Bertz CT molecular complexity index is 1430. The van der Waals surface area contributed by atoms with Crippen molar-refractivity contribution in [3.05, 3.63) is 83.5 Å². The van der Waals surface area contributed by atoms with Gasteiger partial charge in [-0.3, -0.25) is 4.98 Å². The number of halogens is 1. The zero-order chi connectivity index (χ0) is 22.2. The van der Waals surface area contributed by atoms with Gasteiger partial charge in [0, 0.05) is 23.4 Å². The number of carboxylic acid groups (broad SMARTS) is 1. The largest absolute Gasteiger partial charge is 0.478 e. The number of fused-ring (bicyclic) bond motifs is 1. The Morgan fingerprint density at radius 1 is 1.00 bits per heavy atom. The number of benzene rings is 3. The van der Waals surface area contributed by atoms with Crippen molar-refractivity contribution >= 4 is 38.3 Å². The number of pyridine rings is 1. The highest BCUT2D eigenvalue weighted by Gasteiger charge is 2.18. The van der Waals surface area contributed by atoms with Gasteiger partial charge in [0.15, 0.2) is 9.84 Å². The molecule has 0 radical (unpaired) electrons. The Labute approximate surface area is 183 Å². The van der Waals surface area contributed by atoms with Gasteiger partial charge in [-0.2, -0.15) is 0 Å². The topological polar surface area (TPSA) is 93.6 Å². The van der Waals surface area contributed by atoms with Crippen molar-refractivity contribution in [1.29, 1.82) is 0 Å². The standard InChI is InChI=1S/C23H16ClNO5S/c1-31(28,29)17-8-3-7-16(12-17)30-15-6-2-5-14(11-15)21-18-9-4-10-20(24)22(18)25-13-19(21)23(26)27/h2-13H,1H3,(H,26,27). The van der Waals surface area contributed by atoms with Gasteiger partial charge in [0.25, 0.3) is 0 Å². The van der Waals surface area contributed by atoms with E-state index in [-0.39, 0.29) is 10.5 Å². The fraction of sp³-hybridized carbons (Fsp3) is 0.0435. The van der Waals surface area contributed by atoms with Gasteiger partial charge in [-0.05, 0) is 42.0 Å². The van der Waals surface area contributed by atoms with Crippen molar-refractivity contribution in [1.82, 2.24) is 4.98 Å². The average molecular weight is 454 g/mol. The molecule has 0 aliphatic rings. The summed E-state index contributed by atoms with van der Waals surface area (Å²) >= 11 is 6.25. The van der Waals surface area contributed by atoms with Crippen LogP contribution < -0.4 is 4.74 Å². The van der Waals surface area contributed by atoms with Crippen molar-refractivity contribution in [3.63, 3.8) is 0 Å². The van der Waals surface area contributed by atoms with Crippen LogP contribution in [0.15, 0.2) is 77.8 Å². The van der Waals surface area contributed by atoms with Crippen molar-refractivity contribution in [2.24, 2.45) is 0 Å². The maximum atomic E-state index is 11.9. The maximum Gasteiger partial charge on any atom is 0.337 e. The Hall–Kier alpha value is -3.42. The third-order valence-electron chi connectivity index (χ3n) is 4.67. The van der Waals surface area contributed by atoms with Gasteiger partial charge < -0.3 is 9.84 Å². The molecule has 0 unspecified atom stereocenters. The number of ether oxygens (including phenoxy) is 1. The van der Waals surface area contributed by atoms with E-state index in [2.05, 4.69) is 4.98 Å². The van der Waals surface area contributed by atoms with Crippen molar-refractivity contribution < 1.29 is 23.1 Å². The van der Waals surface area contributed by atoms with E-state index in [0.29, 0.717) is 38.6 Å². The molecule has 31 heavy (non-hydrogen) atoms. The molecule has 0 aliphatic heterocycles. The van der Waals surface area contributed by atoms with Gasteiger partial charge in [-0.15, -0.1) is 0 Å². The van der Waals surface area contributed by atoms with E-state index in [1.54, 1.807) is 54.6 Å². The monoisotopic (exact) mass is 453 g/mol. The minimum atomic E-state index is -3.38. The second kappa shape index (κ2) is 8.02. The predicted octanol–water partition coefficient (Wildman–Crippen LogP) is 5.45. The summed E-state index contributed by atoms with van der Waals surface area (Å²) in [5.41, 5.74) is 1.60. The van der Waals surface area contributed by atoms with Crippen LogP contribution in [0.3, 0.4) is 0 Å². The molecule has 0 saturated carbocycles. The van der Waals surface area contributed by atoms with Crippen LogP contribution in [0.1, 0.15) is 10.4 Å². The summed E-state index contributed by atoms with van der Waals surface area (Å²) in [6.45, 7) is 0. The van der Waals surface area contributed by atoms with Gasteiger partial charge in [0.05, 0.1) is 21.0 Å². The number of rotatable bonds is 5. The summed E-state index contributed by atoms with van der Waals surface area (Å²) in [6.07, 6.45) is 2.41. The molecule has 0 bridgehead atoms. The van der Waals surface area contributed by atoms with Crippen molar-refractivity contribution in [2.75, 3.05) is 6.26 Å². The van der Waals surface area contributed by atoms with Gasteiger partial charge in [0.2, 0.25) is 0 Å². The lowest BCUT2D eigenvalue weighted by molar-refractivity contribution is 0.0697. The number of hydrogen-bond donors (Lipinski definition) is 1.